The number of benzene rings is 1. The highest BCUT2D eigenvalue weighted by atomic mass is 15.2. The maximum atomic E-state index is 3.44. The molecule has 1 rings (SSSR count). The second-order valence-electron chi connectivity index (χ2n) is 7.28. The molecule has 0 amide bonds. The molecule has 0 saturated carbocycles. The minimum Gasteiger partial charge on any atom is -0.312 e. The highest BCUT2D eigenvalue weighted by Crippen LogP contribution is 2.24. The van der Waals surface area contributed by atoms with E-state index in [2.05, 4.69) is 81.3 Å². The standard InChI is InChI=1S/C18H33N3/c1-18(2,3)16-10-8-15(9-11-16)17(19-4)14-21(7)13-12-20(5)6/h8-11,17,19H,12-14H2,1-7H3. The summed E-state index contributed by atoms with van der Waals surface area (Å²) in [6.07, 6.45) is 0. The zero-order chi connectivity index (χ0) is 16.0. The predicted molar refractivity (Wildman–Crippen MR) is 93.0 cm³/mol. The van der Waals surface area contributed by atoms with Crippen LogP contribution >= 0.6 is 0 Å². The number of likely N-dealkylation sites (N-methyl/N-ethyl adjacent to an activating group) is 3. The number of rotatable bonds is 7. The summed E-state index contributed by atoms with van der Waals surface area (Å²) in [5.74, 6) is 0. The Morgan fingerprint density at radius 3 is 2.00 bits per heavy atom. The van der Waals surface area contributed by atoms with Crippen molar-refractivity contribution in [3.05, 3.63) is 35.4 Å². The lowest BCUT2D eigenvalue weighted by atomic mass is 9.86. The summed E-state index contributed by atoms with van der Waals surface area (Å²) in [4.78, 5) is 4.61. The molecule has 0 radical (unpaired) electrons. The van der Waals surface area contributed by atoms with E-state index in [1.165, 1.54) is 11.1 Å². The first-order valence-electron chi connectivity index (χ1n) is 7.85. The van der Waals surface area contributed by atoms with Crippen LogP contribution in [0, 0.1) is 0 Å². The smallest absolute Gasteiger partial charge is 0.0446 e. The zero-order valence-electron chi connectivity index (χ0n) is 14.9. The largest absolute Gasteiger partial charge is 0.312 e. The Balaban J connectivity index is 2.67. The van der Waals surface area contributed by atoms with Crippen LogP contribution in [0.5, 0.6) is 0 Å². The third-order valence-electron chi connectivity index (χ3n) is 3.95. The molecule has 0 aliphatic heterocycles. The highest BCUT2D eigenvalue weighted by Gasteiger charge is 2.16. The zero-order valence-corrected chi connectivity index (χ0v) is 14.9. The van der Waals surface area contributed by atoms with E-state index >= 15 is 0 Å². The molecule has 0 aliphatic carbocycles. The Labute approximate surface area is 131 Å². The molecule has 1 aromatic rings. The summed E-state index contributed by atoms with van der Waals surface area (Å²) in [6.45, 7) is 9.98. The SMILES string of the molecule is CNC(CN(C)CCN(C)C)c1ccc(C(C)(C)C)cc1. The third-order valence-corrected chi connectivity index (χ3v) is 3.95. The topological polar surface area (TPSA) is 18.5 Å². The van der Waals surface area contributed by atoms with E-state index in [-0.39, 0.29) is 5.41 Å². The van der Waals surface area contributed by atoms with E-state index in [0.717, 1.165) is 19.6 Å². The molecule has 0 aliphatic rings. The Kier molecular flexibility index (Phi) is 6.85. The summed E-state index contributed by atoms with van der Waals surface area (Å²) in [6, 6.07) is 9.44. The molecule has 0 bridgehead atoms. The Hall–Kier alpha value is -0.900. The average molecular weight is 291 g/mol. The van der Waals surface area contributed by atoms with E-state index in [9.17, 15) is 0 Å². The van der Waals surface area contributed by atoms with Gasteiger partial charge in [-0.15, -0.1) is 0 Å². The molecule has 1 N–H and O–H groups in total. The van der Waals surface area contributed by atoms with Gasteiger partial charge in [-0.2, -0.15) is 0 Å². The molecule has 0 spiro atoms. The van der Waals surface area contributed by atoms with Gasteiger partial charge in [0.1, 0.15) is 0 Å². The van der Waals surface area contributed by atoms with Crippen LogP contribution in [0.25, 0.3) is 0 Å². The summed E-state index contributed by atoms with van der Waals surface area (Å²) >= 11 is 0. The molecule has 21 heavy (non-hydrogen) atoms. The van der Waals surface area contributed by atoms with Gasteiger partial charge in [-0.1, -0.05) is 45.0 Å². The lowest BCUT2D eigenvalue weighted by molar-refractivity contribution is 0.260. The van der Waals surface area contributed by atoms with Crippen LogP contribution in [0.4, 0.5) is 0 Å². The third kappa shape index (κ3) is 6.16. The van der Waals surface area contributed by atoms with E-state index in [1.54, 1.807) is 0 Å². The fourth-order valence-corrected chi connectivity index (χ4v) is 2.35. The quantitative estimate of drug-likeness (QED) is 0.833. The molecule has 0 heterocycles. The van der Waals surface area contributed by atoms with Crippen LogP contribution in [0.3, 0.4) is 0 Å². The number of hydrogen-bond donors (Lipinski definition) is 1. The van der Waals surface area contributed by atoms with E-state index in [0.29, 0.717) is 6.04 Å². The first-order valence-corrected chi connectivity index (χ1v) is 7.85. The predicted octanol–water partition coefficient (Wildman–Crippen LogP) is 2.74. The van der Waals surface area contributed by atoms with E-state index < -0.39 is 0 Å². The molecule has 0 fully saturated rings. The van der Waals surface area contributed by atoms with Crippen molar-refractivity contribution in [3.8, 4) is 0 Å². The molecule has 1 aromatic carbocycles. The lowest BCUT2D eigenvalue weighted by Gasteiger charge is -2.26. The molecule has 3 nitrogen and oxygen atoms in total. The summed E-state index contributed by atoms with van der Waals surface area (Å²) < 4.78 is 0. The van der Waals surface area contributed by atoms with Crippen molar-refractivity contribution in [1.29, 1.82) is 0 Å². The molecule has 1 unspecified atom stereocenters. The van der Waals surface area contributed by atoms with Crippen LogP contribution in [0.2, 0.25) is 0 Å². The van der Waals surface area contributed by atoms with Crippen LogP contribution in [-0.4, -0.2) is 57.6 Å². The summed E-state index contributed by atoms with van der Waals surface area (Å²) in [5.41, 5.74) is 2.97. The molecule has 3 heteroatoms. The summed E-state index contributed by atoms with van der Waals surface area (Å²) in [5, 5.41) is 3.44. The van der Waals surface area contributed by atoms with Crippen molar-refractivity contribution >= 4 is 0 Å². The Bertz CT molecular complexity index is 403. The van der Waals surface area contributed by atoms with Crippen LogP contribution in [-0.2, 0) is 5.41 Å². The van der Waals surface area contributed by atoms with Crippen LogP contribution in [0.15, 0.2) is 24.3 Å². The van der Waals surface area contributed by atoms with Gasteiger partial charge in [0.25, 0.3) is 0 Å². The molecule has 1 atom stereocenters. The van der Waals surface area contributed by atoms with Crippen molar-refractivity contribution in [3.63, 3.8) is 0 Å². The monoisotopic (exact) mass is 291 g/mol. The first-order chi connectivity index (χ1) is 9.74. The second-order valence-corrected chi connectivity index (χ2v) is 7.28. The van der Waals surface area contributed by atoms with Gasteiger partial charge >= 0.3 is 0 Å². The fourth-order valence-electron chi connectivity index (χ4n) is 2.35. The minimum absolute atomic E-state index is 0.218. The van der Waals surface area contributed by atoms with Gasteiger partial charge in [0, 0.05) is 25.7 Å². The van der Waals surface area contributed by atoms with Gasteiger partial charge < -0.3 is 15.1 Å². The number of hydrogen-bond acceptors (Lipinski definition) is 3. The molecular weight excluding hydrogens is 258 g/mol. The van der Waals surface area contributed by atoms with Gasteiger partial charge in [0.05, 0.1) is 0 Å². The van der Waals surface area contributed by atoms with E-state index in [1.807, 2.05) is 7.05 Å². The van der Waals surface area contributed by atoms with Gasteiger partial charge in [-0.3, -0.25) is 0 Å². The van der Waals surface area contributed by atoms with Crippen molar-refractivity contribution in [2.24, 2.45) is 0 Å². The Morgan fingerprint density at radius 2 is 1.57 bits per heavy atom. The molecule has 120 valence electrons. The number of nitrogens with zero attached hydrogens (tertiary/aromatic N) is 2. The van der Waals surface area contributed by atoms with Crippen molar-refractivity contribution in [1.82, 2.24) is 15.1 Å². The van der Waals surface area contributed by atoms with Gasteiger partial charge in [-0.05, 0) is 44.7 Å². The number of nitrogens with one attached hydrogen (secondary N) is 1. The van der Waals surface area contributed by atoms with Gasteiger partial charge in [0.2, 0.25) is 0 Å². The minimum atomic E-state index is 0.218. The lowest BCUT2D eigenvalue weighted by Crippen LogP contribution is -2.35. The fraction of sp³-hybridized carbons (Fsp3) is 0.667. The van der Waals surface area contributed by atoms with Crippen molar-refractivity contribution in [2.45, 2.75) is 32.2 Å². The van der Waals surface area contributed by atoms with Crippen molar-refractivity contribution in [2.75, 3.05) is 47.8 Å². The first kappa shape index (κ1) is 18.1. The van der Waals surface area contributed by atoms with Gasteiger partial charge in [-0.25, -0.2) is 0 Å². The normalized spacial score (nSPS) is 14.0. The second kappa shape index (κ2) is 7.92. The van der Waals surface area contributed by atoms with E-state index in [4.69, 9.17) is 0 Å². The molecule has 0 aromatic heterocycles. The molecule has 0 saturated heterocycles. The summed E-state index contributed by atoms with van der Waals surface area (Å²) in [7, 11) is 8.47. The maximum Gasteiger partial charge on any atom is 0.0446 e. The van der Waals surface area contributed by atoms with Crippen molar-refractivity contribution < 1.29 is 0 Å². The highest BCUT2D eigenvalue weighted by molar-refractivity contribution is 5.29. The van der Waals surface area contributed by atoms with Crippen LogP contribution in [0.1, 0.15) is 37.9 Å². The Morgan fingerprint density at radius 1 is 1.00 bits per heavy atom. The van der Waals surface area contributed by atoms with Crippen LogP contribution < -0.4 is 5.32 Å². The van der Waals surface area contributed by atoms with Gasteiger partial charge in [0.15, 0.2) is 0 Å². The maximum absolute atomic E-state index is 3.44. The average Bonchev–Trinajstić information content (AvgIpc) is 2.41. The molecular formula is C18H33N3.